The van der Waals surface area contributed by atoms with Gasteiger partial charge in [0.25, 0.3) is 10.9 Å². The van der Waals surface area contributed by atoms with Crippen LogP contribution in [0.3, 0.4) is 0 Å². The Morgan fingerprint density at radius 1 is 1.67 bits per heavy atom. The Labute approximate surface area is 56.4 Å². The summed E-state index contributed by atoms with van der Waals surface area (Å²) in [5, 5.41) is 18.5. The first kappa shape index (κ1) is 6.80. The molecule has 1 heterocycles. The van der Waals surface area contributed by atoms with Crippen LogP contribution in [0.25, 0.3) is 0 Å². The molecule has 0 spiro atoms. The first-order valence-corrected chi connectivity index (χ1v) is 3.26. The second kappa shape index (κ2) is 1.83. The molecule has 0 amide bonds. The molecule has 0 saturated heterocycles. The highest BCUT2D eigenvalue weighted by Gasteiger charge is 2.39. The first-order chi connectivity index (χ1) is 4.05. The lowest BCUT2D eigenvalue weighted by atomic mass is 10.2. The van der Waals surface area contributed by atoms with E-state index in [1.165, 1.54) is 12.3 Å². The van der Waals surface area contributed by atoms with Crippen molar-refractivity contribution >= 4 is 16.9 Å². The van der Waals surface area contributed by atoms with E-state index >= 15 is 0 Å². The largest absolute Gasteiger partial charge is 0.356 e. The molecule has 0 bridgehead atoms. The minimum atomic E-state index is -2.20. The fraction of sp³-hybridized carbons (Fsp3) is 0.400. The lowest BCUT2D eigenvalue weighted by Gasteiger charge is -2.12. The van der Waals surface area contributed by atoms with Gasteiger partial charge in [0, 0.05) is 5.57 Å². The van der Waals surface area contributed by atoms with E-state index in [9.17, 15) is 4.79 Å². The van der Waals surface area contributed by atoms with E-state index in [0.29, 0.717) is 0 Å². The van der Waals surface area contributed by atoms with Gasteiger partial charge >= 0.3 is 0 Å². The van der Waals surface area contributed by atoms with Crippen LogP contribution in [0.15, 0.2) is 11.0 Å². The van der Waals surface area contributed by atoms with Crippen LogP contribution < -0.4 is 0 Å². The zero-order valence-electron chi connectivity index (χ0n) is 4.79. The summed E-state index contributed by atoms with van der Waals surface area (Å²) in [5.41, 5.74) is 0.289. The second-order valence-electron chi connectivity index (χ2n) is 1.88. The van der Waals surface area contributed by atoms with Crippen molar-refractivity contribution in [3.63, 3.8) is 0 Å². The number of rotatable bonds is 0. The predicted octanol–water partition coefficient (Wildman–Crippen LogP) is -0.156. The van der Waals surface area contributed by atoms with E-state index in [4.69, 9.17) is 10.2 Å². The van der Waals surface area contributed by atoms with E-state index in [1.807, 2.05) is 0 Å². The van der Waals surface area contributed by atoms with Gasteiger partial charge in [0.05, 0.1) is 0 Å². The number of carbonyl (C=O) groups excluding carboxylic acids is 1. The van der Waals surface area contributed by atoms with E-state index < -0.39 is 10.9 Å². The highest BCUT2D eigenvalue weighted by atomic mass is 32.2. The van der Waals surface area contributed by atoms with Crippen molar-refractivity contribution in [3.8, 4) is 0 Å². The fourth-order valence-electron chi connectivity index (χ4n) is 0.467. The van der Waals surface area contributed by atoms with Crippen LogP contribution in [0.4, 0.5) is 0 Å². The Morgan fingerprint density at radius 2 is 2.22 bits per heavy atom. The summed E-state index contributed by atoms with van der Waals surface area (Å²) >= 11 is 0.811. The van der Waals surface area contributed by atoms with Crippen LogP contribution in [-0.2, 0) is 4.79 Å². The molecule has 1 rings (SSSR count). The maximum Gasteiger partial charge on any atom is 0.258 e. The second-order valence-corrected chi connectivity index (χ2v) is 2.72. The minimum absolute atomic E-state index is 0.289. The molecule has 0 radical (unpaired) electrons. The van der Waals surface area contributed by atoms with Crippen molar-refractivity contribution in [2.45, 2.75) is 12.7 Å². The van der Waals surface area contributed by atoms with Gasteiger partial charge in [-0.1, -0.05) is 11.8 Å². The van der Waals surface area contributed by atoms with Gasteiger partial charge in [-0.2, -0.15) is 0 Å². The van der Waals surface area contributed by atoms with Crippen LogP contribution in [0, 0.1) is 0 Å². The Bertz CT molecular complexity index is 183. The molecule has 3 nitrogen and oxygen atoms in total. The molecule has 2 N–H and O–H groups in total. The summed E-state index contributed by atoms with van der Waals surface area (Å²) in [6.07, 6.45) is 0. The summed E-state index contributed by atoms with van der Waals surface area (Å²) < 4.78 is 0. The zero-order valence-corrected chi connectivity index (χ0v) is 5.60. The Morgan fingerprint density at radius 3 is 2.33 bits per heavy atom. The molecule has 0 saturated carbocycles. The van der Waals surface area contributed by atoms with Crippen LogP contribution in [0.5, 0.6) is 0 Å². The smallest absolute Gasteiger partial charge is 0.258 e. The summed E-state index contributed by atoms with van der Waals surface area (Å²) in [5.74, 6) is -2.20. The number of hydrogen-bond acceptors (Lipinski definition) is 4. The molecule has 9 heavy (non-hydrogen) atoms. The third kappa shape index (κ3) is 0.891. The summed E-state index contributed by atoms with van der Waals surface area (Å²) in [6, 6.07) is 0. The van der Waals surface area contributed by atoms with E-state index in [-0.39, 0.29) is 5.57 Å². The zero-order chi connectivity index (χ0) is 7.07. The molecule has 0 aromatic carbocycles. The average molecular weight is 146 g/mol. The van der Waals surface area contributed by atoms with Crippen molar-refractivity contribution in [2.24, 2.45) is 0 Å². The van der Waals surface area contributed by atoms with Crippen molar-refractivity contribution < 1.29 is 15.0 Å². The average Bonchev–Trinajstić information content (AvgIpc) is 1.96. The maximum absolute atomic E-state index is 10.5. The van der Waals surface area contributed by atoms with Crippen LogP contribution in [0.1, 0.15) is 6.92 Å². The van der Waals surface area contributed by atoms with Crippen LogP contribution in [-0.4, -0.2) is 21.1 Å². The highest BCUT2D eigenvalue weighted by Crippen LogP contribution is 2.30. The standard InChI is InChI=1S/C5H6O3S/c1-3-2-9-4(6)5(3,7)8/h2,7-8H,1H3. The predicted molar refractivity (Wildman–Crippen MR) is 33.5 cm³/mol. The SMILES string of the molecule is CC1=CSC(=O)C1(O)O. The van der Waals surface area contributed by atoms with Crippen LogP contribution in [0.2, 0.25) is 0 Å². The Hall–Kier alpha value is -0.320. The first-order valence-electron chi connectivity index (χ1n) is 2.38. The van der Waals surface area contributed by atoms with Gasteiger partial charge in [-0.25, -0.2) is 0 Å². The van der Waals surface area contributed by atoms with Gasteiger partial charge in [-0.15, -0.1) is 0 Å². The molecule has 0 unspecified atom stereocenters. The third-order valence-electron chi connectivity index (χ3n) is 1.18. The maximum atomic E-state index is 10.5. The quantitative estimate of drug-likeness (QED) is 0.466. The normalized spacial score (nSPS) is 24.3. The molecule has 0 fully saturated rings. The molecule has 1 aliphatic rings. The summed E-state index contributed by atoms with van der Waals surface area (Å²) in [4.78, 5) is 10.5. The molecule has 1 aliphatic heterocycles. The van der Waals surface area contributed by atoms with Crippen LogP contribution >= 0.6 is 11.8 Å². The molecular formula is C5H6O3S. The summed E-state index contributed by atoms with van der Waals surface area (Å²) in [6.45, 7) is 1.50. The minimum Gasteiger partial charge on any atom is -0.356 e. The van der Waals surface area contributed by atoms with E-state index in [2.05, 4.69) is 0 Å². The van der Waals surface area contributed by atoms with Crippen molar-refractivity contribution in [1.82, 2.24) is 0 Å². The lowest BCUT2D eigenvalue weighted by molar-refractivity contribution is -0.157. The van der Waals surface area contributed by atoms with Gasteiger partial charge in [0.2, 0.25) is 0 Å². The van der Waals surface area contributed by atoms with Crippen molar-refractivity contribution in [3.05, 3.63) is 11.0 Å². The van der Waals surface area contributed by atoms with Crippen molar-refractivity contribution in [2.75, 3.05) is 0 Å². The molecule has 0 aromatic heterocycles. The highest BCUT2D eigenvalue weighted by molar-refractivity contribution is 8.16. The number of carbonyl (C=O) groups is 1. The number of hydrogen-bond donors (Lipinski definition) is 2. The van der Waals surface area contributed by atoms with Gasteiger partial charge in [-0.3, -0.25) is 4.79 Å². The Balaban J connectivity index is 2.93. The third-order valence-corrected chi connectivity index (χ3v) is 2.15. The van der Waals surface area contributed by atoms with E-state index in [1.54, 1.807) is 0 Å². The molecule has 0 aromatic rings. The lowest BCUT2D eigenvalue weighted by Crippen LogP contribution is -2.34. The van der Waals surface area contributed by atoms with Crippen molar-refractivity contribution in [1.29, 1.82) is 0 Å². The summed E-state index contributed by atoms with van der Waals surface area (Å²) in [7, 11) is 0. The van der Waals surface area contributed by atoms with Gasteiger partial charge in [0.1, 0.15) is 0 Å². The topological polar surface area (TPSA) is 57.5 Å². The number of aliphatic hydroxyl groups is 2. The number of thioether (sulfide) groups is 1. The molecule has 0 aliphatic carbocycles. The monoisotopic (exact) mass is 146 g/mol. The van der Waals surface area contributed by atoms with E-state index in [0.717, 1.165) is 11.8 Å². The van der Waals surface area contributed by atoms with Gasteiger partial charge in [0.15, 0.2) is 0 Å². The Kier molecular flexibility index (Phi) is 1.38. The molecule has 0 atom stereocenters. The molecular weight excluding hydrogens is 140 g/mol. The molecule has 50 valence electrons. The fourth-order valence-corrected chi connectivity index (χ4v) is 1.24. The van der Waals surface area contributed by atoms with Gasteiger partial charge < -0.3 is 10.2 Å². The molecule has 4 heteroatoms. The van der Waals surface area contributed by atoms with Gasteiger partial charge in [-0.05, 0) is 12.3 Å².